The summed E-state index contributed by atoms with van der Waals surface area (Å²) in [4.78, 5) is 3.92. The van der Waals surface area contributed by atoms with Crippen LogP contribution in [0.15, 0.2) is 24.5 Å². The summed E-state index contributed by atoms with van der Waals surface area (Å²) < 4.78 is 12.9. The first-order valence-electron chi connectivity index (χ1n) is 4.39. The van der Waals surface area contributed by atoms with Gasteiger partial charge in [0.15, 0.2) is 0 Å². The standard InChI is InChI=1S/C9H10FN5/c10-6-1-2-7(11)8(3-6)12-4-9-13-5-14-15-9/h1-3,5,12H,4,11H2,(H,13,14,15). The number of H-pyrrole nitrogens is 1. The number of hydrogen-bond donors (Lipinski definition) is 3. The van der Waals surface area contributed by atoms with Gasteiger partial charge in [-0.05, 0) is 18.2 Å². The van der Waals surface area contributed by atoms with E-state index in [0.717, 1.165) is 0 Å². The molecule has 0 bridgehead atoms. The molecule has 5 nitrogen and oxygen atoms in total. The lowest BCUT2D eigenvalue weighted by Gasteiger charge is -2.07. The first-order chi connectivity index (χ1) is 7.25. The Morgan fingerprint density at radius 1 is 1.47 bits per heavy atom. The Bertz CT molecular complexity index is 440. The molecule has 1 aromatic heterocycles. The molecule has 2 aromatic rings. The van der Waals surface area contributed by atoms with Crippen molar-refractivity contribution in [2.24, 2.45) is 0 Å². The van der Waals surface area contributed by atoms with E-state index in [1.807, 2.05) is 0 Å². The zero-order valence-electron chi connectivity index (χ0n) is 7.87. The predicted molar refractivity (Wildman–Crippen MR) is 54.5 cm³/mol. The molecule has 78 valence electrons. The summed E-state index contributed by atoms with van der Waals surface area (Å²) in [5.41, 5.74) is 6.70. The third-order valence-electron chi connectivity index (χ3n) is 1.93. The molecule has 0 atom stereocenters. The van der Waals surface area contributed by atoms with Crippen LogP contribution < -0.4 is 11.1 Å². The summed E-state index contributed by atoms with van der Waals surface area (Å²) in [7, 11) is 0. The molecule has 0 fully saturated rings. The molecule has 0 unspecified atom stereocenters. The Morgan fingerprint density at radius 3 is 3.07 bits per heavy atom. The molecule has 0 saturated heterocycles. The van der Waals surface area contributed by atoms with Crippen molar-refractivity contribution in [3.63, 3.8) is 0 Å². The Morgan fingerprint density at radius 2 is 2.33 bits per heavy atom. The minimum absolute atomic E-state index is 0.329. The second-order valence-corrected chi connectivity index (χ2v) is 3.02. The molecule has 0 aliphatic carbocycles. The maximum absolute atomic E-state index is 12.9. The summed E-state index contributed by atoms with van der Waals surface area (Å²) in [6, 6.07) is 4.17. The van der Waals surface area contributed by atoms with Crippen LogP contribution in [0.3, 0.4) is 0 Å². The number of aromatic nitrogens is 3. The number of nitrogens with two attached hydrogens (primary N) is 1. The Hall–Kier alpha value is -2.11. The fraction of sp³-hybridized carbons (Fsp3) is 0.111. The van der Waals surface area contributed by atoms with E-state index in [-0.39, 0.29) is 5.82 Å². The van der Waals surface area contributed by atoms with Crippen molar-refractivity contribution in [2.45, 2.75) is 6.54 Å². The van der Waals surface area contributed by atoms with Gasteiger partial charge in [0, 0.05) is 0 Å². The van der Waals surface area contributed by atoms with Crippen LogP contribution in [-0.4, -0.2) is 15.2 Å². The fourth-order valence-corrected chi connectivity index (χ4v) is 1.18. The van der Waals surface area contributed by atoms with Gasteiger partial charge in [-0.1, -0.05) is 0 Å². The van der Waals surface area contributed by atoms with E-state index in [2.05, 4.69) is 20.5 Å². The second kappa shape index (κ2) is 3.95. The molecule has 0 spiro atoms. The SMILES string of the molecule is Nc1ccc(F)cc1NCc1ncn[nH]1. The van der Waals surface area contributed by atoms with Crippen LogP contribution in [0, 0.1) is 5.82 Å². The van der Waals surface area contributed by atoms with Crippen molar-refractivity contribution in [1.82, 2.24) is 15.2 Å². The smallest absolute Gasteiger partial charge is 0.143 e. The number of nitrogen functional groups attached to an aromatic ring is 1. The lowest BCUT2D eigenvalue weighted by atomic mass is 10.2. The summed E-state index contributed by atoms with van der Waals surface area (Å²) >= 11 is 0. The topological polar surface area (TPSA) is 79.6 Å². The summed E-state index contributed by atoms with van der Waals surface area (Å²) in [5.74, 6) is 0.336. The predicted octanol–water partition coefficient (Wildman–Crippen LogP) is 1.14. The Labute approximate surface area is 85.5 Å². The van der Waals surface area contributed by atoms with Gasteiger partial charge in [-0.2, -0.15) is 5.10 Å². The second-order valence-electron chi connectivity index (χ2n) is 3.02. The number of rotatable bonds is 3. The number of aromatic amines is 1. The summed E-state index contributed by atoms with van der Waals surface area (Å²) in [5, 5.41) is 9.33. The average Bonchev–Trinajstić information content (AvgIpc) is 2.72. The van der Waals surface area contributed by atoms with Crippen LogP contribution >= 0.6 is 0 Å². The first kappa shape index (κ1) is 9.45. The molecular formula is C9H10FN5. The molecule has 15 heavy (non-hydrogen) atoms. The number of anilines is 2. The number of halogens is 1. The third kappa shape index (κ3) is 2.22. The lowest BCUT2D eigenvalue weighted by molar-refractivity contribution is 0.628. The van der Waals surface area contributed by atoms with E-state index in [9.17, 15) is 4.39 Å². The van der Waals surface area contributed by atoms with Gasteiger partial charge < -0.3 is 11.1 Å². The monoisotopic (exact) mass is 207 g/mol. The Balaban J connectivity index is 2.07. The van der Waals surface area contributed by atoms with Crippen LogP contribution in [0.1, 0.15) is 5.82 Å². The van der Waals surface area contributed by atoms with Gasteiger partial charge in [0.2, 0.25) is 0 Å². The van der Waals surface area contributed by atoms with Crippen LogP contribution in [0.5, 0.6) is 0 Å². The van der Waals surface area contributed by atoms with Gasteiger partial charge in [-0.3, -0.25) is 5.10 Å². The molecule has 0 saturated carbocycles. The number of nitrogens with one attached hydrogen (secondary N) is 2. The highest BCUT2D eigenvalue weighted by Gasteiger charge is 2.01. The van der Waals surface area contributed by atoms with Gasteiger partial charge >= 0.3 is 0 Å². The third-order valence-corrected chi connectivity index (χ3v) is 1.93. The molecule has 2 rings (SSSR count). The Kier molecular flexibility index (Phi) is 2.49. The summed E-state index contributed by atoms with van der Waals surface area (Å²) in [6.07, 6.45) is 1.41. The largest absolute Gasteiger partial charge is 0.397 e. The van der Waals surface area contributed by atoms with Crippen LogP contribution in [0.4, 0.5) is 15.8 Å². The number of benzene rings is 1. The van der Waals surface area contributed by atoms with Crippen LogP contribution in [0.25, 0.3) is 0 Å². The van der Waals surface area contributed by atoms with Crippen molar-refractivity contribution in [3.05, 3.63) is 36.2 Å². The van der Waals surface area contributed by atoms with Gasteiger partial charge in [0.1, 0.15) is 18.0 Å². The molecule has 1 heterocycles. The fourth-order valence-electron chi connectivity index (χ4n) is 1.18. The zero-order chi connectivity index (χ0) is 10.7. The van der Waals surface area contributed by atoms with E-state index in [0.29, 0.717) is 23.7 Å². The van der Waals surface area contributed by atoms with E-state index in [1.165, 1.54) is 24.5 Å². The van der Waals surface area contributed by atoms with Crippen molar-refractivity contribution in [1.29, 1.82) is 0 Å². The molecule has 0 radical (unpaired) electrons. The highest BCUT2D eigenvalue weighted by Crippen LogP contribution is 2.19. The van der Waals surface area contributed by atoms with Crippen LogP contribution in [0.2, 0.25) is 0 Å². The first-order valence-corrected chi connectivity index (χ1v) is 4.39. The van der Waals surface area contributed by atoms with E-state index >= 15 is 0 Å². The van der Waals surface area contributed by atoms with E-state index in [1.54, 1.807) is 0 Å². The highest BCUT2D eigenvalue weighted by atomic mass is 19.1. The average molecular weight is 207 g/mol. The number of nitrogens with zero attached hydrogens (tertiary/aromatic N) is 2. The molecule has 4 N–H and O–H groups in total. The maximum Gasteiger partial charge on any atom is 0.143 e. The highest BCUT2D eigenvalue weighted by molar-refractivity contribution is 5.65. The molecule has 1 aromatic carbocycles. The minimum atomic E-state index is -0.329. The van der Waals surface area contributed by atoms with E-state index < -0.39 is 0 Å². The van der Waals surface area contributed by atoms with Crippen LogP contribution in [-0.2, 0) is 6.54 Å². The van der Waals surface area contributed by atoms with E-state index in [4.69, 9.17) is 5.73 Å². The van der Waals surface area contributed by atoms with Gasteiger partial charge in [0.05, 0.1) is 17.9 Å². The maximum atomic E-state index is 12.9. The molecule has 0 aliphatic rings. The molecule has 6 heteroatoms. The lowest BCUT2D eigenvalue weighted by Crippen LogP contribution is -2.04. The van der Waals surface area contributed by atoms with Gasteiger partial charge in [0.25, 0.3) is 0 Å². The van der Waals surface area contributed by atoms with Crippen molar-refractivity contribution in [3.8, 4) is 0 Å². The van der Waals surface area contributed by atoms with Crippen molar-refractivity contribution < 1.29 is 4.39 Å². The molecule has 0 amide bonds. The molecular weight excluding hydrogens is 197 g/mol. The van der Waals surface area contributed by atoms with Gasteiger partial charge in [-0.15, -0.1) is 0 Å². The van der Waals surface area contributed by atoms with Gasteiger partial charge in [-0.25, -0.2) is 9.37 Å². The number of hydrogen-bond acceptors (Lipinski definition) is 4. The summed E-state index contributed by atoms with van der Waals surface area (Å²) in [6.45, 7) is 0.424. The quantitative estimate of drug-likeness (QED) is 0.659. The van der Waals surface area contributed by atoms with Crippen molar-refractivity contribution in [2.75, 3.05) is 11.1 Å². The van der Waals surface area contributed by atoms with Crippen molar-refractivity contribution >= 4 is 11.4 Å². The zero-order valence-corrected chi connectivity index (χ0v) is 7.87. The molecule has 0 aliphatic heterocycles. The normalized spacial score (nSPS) is 10.2. The minimum Gasteiger partial charge on any atom is -0.397 e.